The Labute approximate surface area is 113 Å². The predicted molar refractivity (Wildman–Crippen MR) is 78.7 cm³/mol. The molecule has 2 heteroatoms. The average Bonchev–Trinajstić information content (AvgIpc) is 2.51. The molecule has 0 aliphatic heterocycles. The van der Waals surface area contributed by atoms with Crippen LogP contribution in [-0.2, 0) is 0 Å². The lowest BCUT2D eigenvalue weighted by Gasteiger charge is -1.98. The van der Waals surface area contributed by atoms with Gasteiger partial charge in [-0.25, -0.2) is 5.84 Å². The van der Waals surface area contributed by atoms with E-state index in [4.69, 9.17) is 5.84 Å². The number of nitrogens with zero attached hydrogens (tertiary/aromatic N) is 1. The Balaban J connectivity index is 0.000000163. The first-order chi connectivity index (χ1) is 9.36. The summed E-state index contributed by atoms with van der Waals surface area (Å²) >= 11 is 0. The first-order valence-electron chi connectivity index (χ1n) is 6.18. The minimum Gasteiger partial charge on any atom is -0.205 e. The monoisotopic (exact) mass is 249 g/mol. The quantitative estimate of drug-likeness (QED) is 0.521. The van der Waals surface area contributed by atoms with Crippen LogP contribution in [-0.4, -0.2) is 0 Å². The van der Waals surface area contributed by atoms with Crippen molar-refractivity contribution < 1.29 is 4.68 Å². The lowest BCUT2D eigenvalue weighted by molar-refractivity contribution is -0.638. The third-order valence-corrected chi connectivity index (χ3v) is 2.62. The van der Waals surface area contributed by atoms with Crippen LogP contribution in [0.25, 0.3) is 11.1 Å². The zero-order valence-electron chi connectivity index (χ0n) is 10.7. The number of rotatable bonds is 1. The molecule has 0 radical (unpaired) electrons. The Morgan fingerprint density at radius 2 is 0.895 bits per heavy atom. The molecule has 0 aliphatic rings. The van der Waals surface area contributed by atoms with Crippen molar-refractivity contribution in [1.29, 1.82) is 0 Å². The maximum absolute atomic E-state index is 5.27. The summed E-state index contributed by atoms with van der Waals surface area (Å²) in [5.74, 6) is 5.27. The van der Waals surface area contributed by atoms with E-state index in [2.05, 4.69) is 48.5 Å². The van der Waals surface area contributed by atoms with Gasteiger partial charge in [-0.1, -0.05) is 71.4 Å². The molecule has 19 heavy (non-hydrogen) atoms. The molecule has 0 amide bonds. The fourth-order valence-electron chi connectivity index (χ4n) is 1.67. The van der Waals surface area contributed by atoms with Gasteiger partial charge in [0.25, 0.3) is 0 Å². The first kappa shape index (κ1) is 12.8. The average molecular weight is 249 g/mol. The van der Waals surface area contributed by atoms with Crippen molar-refractivity contribution in [3.63, 3.8) is 0 Å². The summed E-state index contributed by atoms with van der Waals surface area (Å²) in [7, 11) is 0. The van der Waals surface area contributed by atoms with Gasteiger partial charge in [-0.2, -0.15) is 0 Å². The van der Waals surface area contributed by atoms with Crippen molar-refractivity contribution in [3.05, 3.63) is 91.3 Å². The summed E-state index contributed by atoms with van der Waals surface area (Å²) in [6.45, 7) is 0. The zero-order valence-corrected chi connectivity index (χ0v) is 10.7. The smallest absolute Gasteiger partial charge is 0.199 e. The van der Waals surface area contributed by atoms with Crippen LogP contribution in [0.5, 0.6) is 0 Å². The van der Waals surface area contributed by atoms with Crippen molar-refractivity contribution in [2.45, 2.75) is 0 Å². The van der Waals surface area contributed by atoms with Crippen molar-refractivity contribution in [2.75, 3.05) is 5.84 Å². The van der Waals surface area contributed by atoms with Gasteiger partial charge in [0.1, 0.15) is 0 Å². The molecule has 0 aliphatic carbocycles. The maximum atomic E-state index is 5.27. The van der Waals surface area contributed by atoms with Crippen LogP contribution in [0.3, 0.4) is 0 Å². The normalized spacial score (nSPS) is 9.26. The van der Waals surface area contributed by atoms with E-state index in [1.165, 1.54) is 15.8 Å². The molecule has 0 saturated carbocycles. The Morgan fingerprint density at radius 3 is 1.21 bits per heavy atom. The highest BCUT2D eigenvalue weighted by Gasteiger charge is 1.91. The molecule has 2 aromatic carbocycles. The highest BCUT2D eigenvalue weighted by Crippen LogP contribution is 2.17. The second kappa shape index (κ2) is 6.97. The van der Waals surface area contributed by atoms with Crippen LogP contribution in [0.2, 0.25) is 0 Å². The fourth-order valence-corrected chi connectivity index (χ4v) is 1.67. The Morgan fingerprint density at radius 1 is 0.526 bits per heavy atom. The molecular formula is C17H17N2+. The van der Waals surface area contributed by atoms with Crippen molar-refractivity contribution >= 4 is 0 Å². The van der Waals surface area contributed by atoms with Gasteiger partial charge >= 0.3 is 0 Å². The van der Waals surface area contributed by atoms with Gasteiger partial charge < -0.3 is 0 Å². The van der Waals surface area contributed by atoms with E-state index >= 15 is 0 Å². The van der Waals surface area contributed by atoms with Crippen molar-refractivity contribution in [2.24, 2.45) is 0 Å². The molecular weight excluding hydrogens is 232 g/mol. The molecule has 0 fully saturated rings. The predicted octanol–water partition coefficient (Wildman–Crippen LogP) is 3.04. The lowest BCUT2D eigenvalue weighted by Crippen LogP contribution is -2.42. The van der Waals surface area contributed by atoms with E-state index in [1.54, 1.807) is 12.4 Å². The van der Waals surface area contributed by atoms with Gasteiger partial charge in [-0.05, 0) is 11.1 Å². The van der Waals surface area contributed by atoms with E-state index < -0.39 is 0 Å². The van der Waals surface area contributed by atoms with Gasteiger partial charge in [-0.15, -0.1) is 0 Å². The van der Waals surface area contributed by atoms with E-state index in [-0.39, 0.29) is 0 Å². The Kier molecular flexibility index (Phi) is 4.71. The number of nitrogen functional groups attached to an aromatic ring is 1. The van der Waals surface area contributed by atoms with Gasteiger partial charge in [-0.3, -0.25) is 0 Å². The van der Waals surface area contributed by atoms with Crippen molar-refractivity contribution in [1.82, 2.24) is 0 Å². The number of hydrogen-bond donors (Lipinski definition) is 1. The van der Waals surface area contributed by atoms with Crippen LogP contribution >= 0.6 is 0 Å². The second-order valence-electron chi connectivity index (χ2n) is 4.05. The number of hydrogen-bond acceptors (Lipinski definition) is 1. The molecule has 3 aromatic rings. The summed E-state index contributed by atoms with van der Waals surface area (Å²) in [4.78, 5) is 0. The summed E-state index contributed by atoms with van der Waals surface area (Å²) in [6.07, 6.45) is 3.56. The summed E-state index contributed by atoms with van der Waals surface area (Å²) < 4.78 is 1.50. The van der Waals surface area contributed by atoms with Crippen molar-refractivity contribution in [3.8, 4) is 11.1 Å². The molecule has 2 nitrogen and oxygen atoms in total. The van der Waals surface area contributed by atoms with Crippen LogP contribution in [0.15, 0.2) is 91.3 Å². The number of nitrogens with two attached hydrogens (primary N) is 1. The van der Waals surface area contributed by atoms with Crippen LogP contribution < -0.4 is 10.5 Å². The third kappa shape index (κ3) is 4.28. The summed E-state index contributed by atoms with van der Waals surface area (Å²) in [5, 5.41) is 0. The van der Waals surface area contributed by atoms with E-state index in [1.807, 2.05) is 30.3 Å². The third-order valence-electron chi connectivity index (χ3n) is 2.62. The molecule has 3 rings (SSSR count). The van der Waals surface area contributed by atoms with Crippen LogP contribution in [0.1, 0.15) is 0 Å². The van der Waals surface area contributed by atoms with Crippen LogP contribution in [0.4, 0.5) is 0 Å². The molecule has 0 bridgehead atoms. The second-order valence-corrected chi connectivity index (χ2v) is 4.05. The largest absolute Gasteiger partial charge is 0.205 e. The molecule has 2 N–H and O–H groups in total. The minimum absolute atomic E-state index is 1.28. The molecule has 0 unspecified atom stereocenters. The summed E-state index contributed by atoms with van der Waals surface area (Å²) in [5.41, 5.74) is 2.55. The topological polar surface area (TPSA) is 29.9 Å². The summed E-state index contributed by atoms with van der Waals surface area (Å²) in [6, 6.07) is 26.5. The fraction of sp³-hybridized carbons (Fsp3) is 0. The van der Waals surface area contributed by atoms with E-state index in [0.717, 1.165) is 0 Å². The Hall–Kier alpha value is -2.61. The molecule has 1 aromatic heterocycles. The highest BCUT2D eigenvalue weighted by molar-refractivity contribution is 5.62. The number of pyridine rings is 1. The zero-order chi connectivity index (χ0) is 13.3. The SMILES string of the molecule is N[n+]1ccccc1.c1ccc(-c2ccccc2)cc1. The Bertz CT molecular complexity index is 540. The van der Waals surface area contributed by atoms with E-state index in [9.17, 15) is 0 Å². The van der Waals surface area contributed by atoms with Gasteiger partial charge in [0.05, 0.1) is 0 Å². The molecule has 0 spiro atoms. The van der Waals surface area contributed by atoms with Gasteiger partial charge in [0.15, 0.2) is 12.4 Å². The standard InChI is InChI=1S/C12H10.C5H7N2/c1-3-7-11(8-4-1)12-9-5-2-6-10-12;6-7-4-2-1-3-5-7/h1-10H;1-5H,6H2/q;+1. The number of benzene rings is 2. The maximum Gasteiger partial charge on any atom is 0.199 e. The highest BCUT2D eigenvalue weighted by atomic mass is 15.3. The minimum atomic E-state index is 1.28. The lowest BCUT2D eigenvalue weighted by atomic mass is 10.1. The van der Waals surface area contributed by atoms with E-state index in [0.29, 0.717) is 0 Å². The van der Waals surface area contributed by atoms with Gasteiger partial charge in [0.2, 0.25) is 0 Å². The van der Waals surface area contributed by atoms with Gasteiger partial charge in [0, 0.05) is 12.1 Å². The first-order valence-corrected chi connectivity index (χ1v) is 6.18. The molecule has 1 heterocycles. The van der Waals surface area contributed by atoms with Crippen LogP contribution in [0, 0.1) is 0 Å². The molecule has 94 valence electrons. The molecule has 0 atom stereocenters. The number of aromatic nitrogens is 1. The molecule has 0 saturated heterocycles.